The number of rotatable bonds is 10. The molecule has 8 heteroatoms. The highest BCUT2D eigenvalue weighted by molar-refractivity contribution is 5.80. The SMILES string of the molecule is CCOC(=O)C(CCCF)CCC(NC(=O)OC(C)(C)C)C(=O)O. The maximum Gasteiger partial charge on any atom is 0.408 e. The highest BCUT2D eigenvalue weighted by atomic mass is 19.1. The van der Waals surface area contributed by atoms with Crippen LogP contribution in [0.2, 0.25) is 0 Å². The minimum Gasteiger partial charge on any atom is -0.480 e. The van der Waals surface area contributed by atoms with Gasteiger partial charge in [-0.3, -0.25) is 9.18 Å². The first-order valence-corrected chi connectivity index (χ1v) is 8.05. The van der Waals surface area contributed by atoms with Gasteiger partial charge in [0.15, 0.2) is 0 Å². The molecule has 0 saturated carbocycles. The number of nitrogens with one attached hydrogen (secondary N) is 1. The van der Waals surface area contributed by atoms with Crippen LogP contribution in [-0.2, 0) is 19.1 Å². The Morgan fingerprint density at radius 3 is 2.25 bits per heavy atom. The van der Waals surface area contributed by atoms with E-state index in [-0.39, 0.29) is 32.3 Å². The van der Waals surface area contributed by atoms with Gasteiger partial charge in [0.25, 0.3) is 0 Å². The predicted octanol–water partition coefficient (Wildman–Crippen LogP) is 2.67. The van der Waals surface area contributed by atoms with Crippen LogP contribution in [0, 0.1) is 5.92 Å². The van der Waals surface area contributed by atoms with Crippen molar-refractivity contribution >= 4 is 18.0 Å². The van der Waals surface area contributed by atoms with Gasteiger partial charge < -0.3 is 19.9 Å². The molecule has 0 bridgehead atoms. The standard InChI is InChI=1S/C16H28FNO6/c1-5-23-14(21)11(7-6-10-17)8-9-12(13(19)20)18-15(22)24-16(2,3)4/h11-12H,5-10H2,1-4H3,(H,18,22)(H,19,20). The van der Waals surface area contributed by atoms with Crippen molar-refractivity contribution < 1.29 is 33.4 Å². The number of amides is 1. The Morgan fingerprint density at radius 1 is 1.17 bits per heavy atom. The Kier molecular flexibility index (Phi) is 9.99. The molecule has 0 aliphatic carbocycles. The third-order valence-corrected chi connectivity index (χ3v) is 3.10. The van der Waals surface area contributed by atoms with Gasteiger partial charge in [-0.15, -0.1) is 0 Å². The monoisotopic (exact) mass is 349 g/mol. The molecule has 0 aliphatic rings. The van der Waals surface area contributed by atoms with Crippen LogP contribution in [0.25, 0.3) is 0 Å². The first-order chi connectivity index (χ1) is 11.1. The molecule has 1 amide bonds. The summed E-state index contributed by atoms with van der Waals surface area (Å²) in [6.45, 7) is 6.29. The average Bonchev–Trinajstić information content (AvgIpc) is 2.43. The Balaban J connectivity index is 4.69. The molecule has 0 radical (unpaired) electrons. The van der Waals surface area contributed by atoms with Gasteiger partial charge in [0.2, 0.25) is 0 Å². The second-order valence-electron chi connectivity index (χ2n) is 6.39. The molecule has 0 aromatic heterocycles. The van der Waals surface area contributed by atoms with Crippen LogP contribution in [0.5, 0.6) is 0 Å². The Hall–Kier alpha value is -1.86. The molecule has 2 unspecified atom stereocenters. The van der Waals surface area contributed by atoms with Gasteiger partial charge in [0, 0.05) is 0 Å². The Labute approximate surface area is 141 Å². The van der Waals surface area contributed by atoms with Crippen molar-refractivity contribution in [1.82, 2.24) is 5.32 Å². The summed E-state index contributed by atoms with van der Waals surface area (Å²) in [6.07, 6.45) is -0.184. The number of carbonyl (C=O) groups is 3. The predicted molar refractivity (Wildman–Crippen MR) is 85.4 cm³/mol. The zero-order valence-corrected chi connectivity index (χ0v) is 14.8. The summed E-state index contributed by atoms with van der Waals surface area (Å²) in [6, 6.07) is -1.19. The molecule has 0 aliphatic heterocycles. The molecule has 2 atom stereocenters. The number of hydrogen-bond acceptors (Lipinski definition) is 5. The fourth-order valence-electron chi connectivity index (χ4n) is 2.04. The topological polar surface area (TPSA) is 102 Å². The van der Waals surface area contributed by atoms with E-state index >= 15 is 0 Å². The third kappa shape index (κ3) is 10.0. The molecule has 0 saturated heterocycles. The van der Waals surface area contributed by atoms with E-state index in [4.69, 9.17) is 9.47 Å². The van der Waals surface area contributed by atoms with E-state index in [2.05, 4.69) is 5.32 Å². The molecule has 2 N–H and O–H groups in total. The van der Waals surface area contributed by atoms with Gasteiger partial charge in [-0.25, -0.2) is 9.59 Å². The number of carboxylic acid groups (broad SMARTS) is 1. The molecule has 0 fully saturated rings. The molecule has 140 valence electrons. The van der Waals surface area contributed by atoms with E-state index < -0.39 is 42.3 Å². The lowest BCUT2D eigenvalue weighted by molar-refractivity contribution is -0.149. The van der Waals surface area contributed by atoms with Crippen molar-refractivity contribution in [2.24, 2.45) is 5.92 Å². The second kappa shape index (κ2) is 10.8. The minimum atomic E-state index is -1.23. The van der Waals surface area contributed by atoms with Crippen LogP contribution >= 0.6 is 0 Å². The number of carbonyl (C=O) groups excluding carboxylic acids is 2. The first-order valence-electron chi connectivity index (χ1n) is 8.05. The maximum atomic E-state index is 12.3. The molecule has 24 heavy (non-hydrogen) atoms. The van der Waals surface area contributed by atoms with Crippen LogP contribution in [0.15, 0.2) is 0 Å². The Bertz CT molecular complexity index is 421. The molecule has 7 nitrogen and oxygen atoms in total. The van der Waals surface area contributed by atoms with Crippen molar-refractivity contribution in [2.45, 2.75) is 65.0 Å². The van der Waals surface area contributed by atoms with Crippen molar-refractivity contribution in [2.75, 3.05) is 13.3 Å². The quantitative estimate of drug-likeness (QED) is 0.588. The van der Waals surface area contributed by atoms with Crippen LogP contribution in [0.4, 0.5) is 9.18 Å². The Morgan fingerprint density at radius 2 is 1.79 bits per heavy atom. The first kappa shape index (κ1) is 22.1. The lowest BCUT2D eigenvalue weighted by Gasteiger charge is -2.23. The number of alkyl carbamates (subject to hydrolysis) is 1. The number of aliphatic carboxylic acids is 1. The van der Waals surface area contributed by atoms with Crippen LogP contribution in [0.1, 0.15) is 53.4 Å². The molecular weight excluding hydrogens is 321 g/mol. The zero-order chi connectivity index (χ0) is 18.8. The van der Waals surface area contributed by atoms with Gasteiger partial charge in [-0.2, -0.15) is 0 Å². The van der Waals surface area contributed by atoms with Crippen LogP contribution in [-0.4, -0.2) is 48.1 Å². The van der Waals surface area contributed by atoms with E-state index in [1.54, 1.807) is 27.7 Å². The largest absolute Gasteiger partial charge is 0.480 e. The van der Waals surface area contributed by atoms with Gasteiger partial charge in [-0.1, -0.05) is 0 Å². The summed E-state index contributed by atoms with van der Waals surface area (Å²) in [5.41, 5.74) is -0.748. The fraction of sp³-hybridized carbons (Fsp3) is 0.812. The molecular formula is C16H28FNO6. The van der Waals surface area contributed by atoms with E-state index in [0.29, 0.717) is 0 Å². The smallest absolute Gasteiger partial charge is 0.408 e. The van der Waals surface area contributed by atoms with E-state index in [1.165, 1.54) is 0 Å². The molecule has 0 aromatic carbocycles. The highest BCUT2D eigenvalue weighted by Gasteiger charge is 2.27. The number of alkyl halides is 1. The lowest BCUT2D eigenvalue weighted by Crippen LogP contribution is -2.43. The summed E-state index contributed by atoms with van der Waals surface area (Å²) >= 11 is 0. The summed E-state index contributed by atoms with van der Waals surface area (Å²) in [4.78, 5) is 34.8. The van der Waals surface area contributed by atoms with Crippen molar-refractivity contribution in [3.05, 3.63) is 0 Å². The van der Waals surface area contributed by atoms with E-state index in [9.17, 15) is 23.9 Å². The van der Waals surface area contributed by atoms with Gasteiger partial charge in [-0.05, 0) is 53.4 Å². The summed E-state index contributed by atoms with van der Waals surface area (Å²) in [5.74, 6) is -2.30. The second-order valence-corrected chi connectivity index (χ2v) is 6.39. The maximum absolute atomic E-state index is 12.3. The number of halogens is 1. The summed E-state index contributed by atoms with van der Waals surface area (Å²) in [7, 11) is 0. The van der Waals surface area contributed by atoms with Crippen molar-refractivity contribution in [3.63, 3.8) is 0 Å². The normalized spacial score (nSPS) is 13.7. The molecule has 0 heterocycles. The number of hydrogen-bond donors (Lipinski definition) is 2. The average molecular weight is 349 g/mol. The third-order valence-electron chi connectivity index (χ3n) is 3.10. The van der Waals surface area contributed by atoms with Crippen LogP contribution < -0.4 is 5.32 Å². The lowest BCUT2D eigenvalue weighted by atomic mass is 9.95. The fourth-order valence-corrected chi connectivity index (χ4v) is 2.04. The van der Waals surface area contributed by atoms with E-state index in [0.717, 1.165) is 0 Å². The summed E-state index contributed by atoms with van der Waals surface area (Å²) < 4.78 is 22.3. The van der Waals surface area contributed by atoms with Crippen molar-refractivity contribution in [1.29, 1.82) is 0 Å². The summed E-state index contributed by atoms with van der Waals surface area (Å²) in [5, 5.41) is 11.5. The number of carboxylic acids is 1. The minimum absolute atomic E-state index is 0.0182. The zero-order valence-electron chi connectivity index (χ0n) is 14.8. The van der Waals surface area contributed by atoms with Gasteiger partial charge in [0.1, 0.15) is 11.6 Å². The molecule has 0 spiro atoms. The van der Waals surface area contributed by atoms with Crippen molar-refractivity contribution in [3.8, 4) is 0 Å². The molecule has 0 rings (SSSR count). The van der Waals surface area contributed by atoms with Gasteiger partial charge in [0.05, 0.1) is 19.2 Å². The van der Waals surface area contributed by atoms with E-state index in [1.807, 2.05) is 0 Å². The number of esters is 1. The van der Waals surface area contributed by atoms with Gasteiger partial charge >= 0.3 is 18.0 Å². The molecule has 0 aromatic rings. The van der Waals surface area contributed by atoms with Crippen LogP contribution in [0.3, 0.4) is 0 Å². The number of ether oxygens (including phenoxy) is 2. The highest BCUT2D eigenvalue weighted by Crippen LogP contribution is 2.18.